The Kier molecular flexibility index (Phi) is 14.4. The second-order valence-corrected chi connectivity index (χ2v) is 17.9. The summed E-state index contributed by atoms with van der Waals surface area (Å²) in [6.45, 7) is 10.8. The zero-order valence-corrected chi connectivity index (χ0v) is 33.5. The van der Waals surface area contributed by atoms with Crippen molar-refractivity contribution in [3.05, 3.63) is 112 Å². The average molecular weight is 800 g/mol. The van der Waals surface area contributed by atoms with Crippen LogP contribution in [0.4, 0.5) is 0 Å². The van der Waals surface area contributed by atoms with E-state index in [9.17, 15) is 8.42 Å². The zero-order valence-electron chi connectivity index (χ0n) is 31.1. The molecule has 15 heteroatoms. The standard InChI is InChI=1S/C23H28O6S2.C16H21N3O3S/c1-4-30-23-16(3)20(29-31(24,25)18-12-10-15(2)11-13-18)21-19(27-23)14-26-22(28-21)17-8-6-5-7-9-17;1-3-23-16-10(2)13(18-19-17)14-12(21-16)9-20-15(22-14)11-7-5-4-6-8-11/h5-13,16,19-23H,4,14H2,1-3H3;4-8,10,12-16H,3,9H2,1-2H3/t16?,19?,20-,21-,22?,23+;10?,12?,13-,14-,15?,16+/m11/s1. The molecule has 0 N–H and O–H groups in total. The van der Waals surface area contributed by atoms with Crippen molar-refractivity contribution in [2.75, 3.05) is 24.7 Å². The lowest BCUT2D eigenvalue weighted by Gasteiger charge is -2.48. The molecular formula is C39H49N3O9S3. The maximum absolute atomic E-state index is 13.1. The summed E-state index contributed by atoms with van der Waals surface area (Å²) in [4.78, 5) is 3.17. The zero-order chi connectivity index (χ0) is 38.2. The lowest BCUT2D eigenvalue weighted by molar-refractivity contribution is -0.307. The van der Waals surface area contributed by atoms with Gasteiger partial charge in [0, 0.05) is 27.9 Å². The summed E-state index contributed by atoms with van der Waals surface area (Å²) in [5.74, 6) is 1.69. The molecule has 3 aromatic carbocycles. The Morgan fingerprint density at radius 2 is 1.24 bits per heavy atom. The Balaban J connectivity index is 0.000000193. The monoisotopic (exact) mass is 799 g/mol. The number of rotatable bonds is 10. The minimum atomic E-state index is -3.97. The van der Waals surface area contributed by atoms with E-state index in [1.165, 1.54) is 0 Å². The molecule has 12 nitrogen and oxygen atoms in total. The minimum absolute atomic E-state index is 0.00257. The first kappa shape index (κ1) is 41.0. The number of thioether (sulfide) groups is 2. The van der Waals surface area contributed by atoms with E-state index in [0.29, 0.717) is 13.2 Å². The van der Waals surface area contributed by atoms with Crippen molar-refractivity contribution >= 4 is 33.6 Å². The number of ether oxygens (including phenoxy) is 6. The number of hydrogen-bond acceptors (Lipinski definition) is 12. The molecule has 4 saturated heterocycles. The molecular weight excluding hydrogens is 751 g/mol. The van der Waals surface area contributed by atoms with Gasteiger partial charge in [-0.25, -0.2) is 0 Å². The molecule has 12 atom stereocenters. The van der Waals surface area contributed by atoms with Crippen LogP contribution in [0, 0.1) is 18.8 Å². The van der Waals surface area contributed by atoms with Crippen LogP contribution >= 0.6 is 23.5 Å². The van der Waals surface area contributed by atoms with Gasteiger partial charge in [-0.1, -0.05) is 111 Å². The van der Waals surface area contributed by atoms with E-state index < -0.39 is 41.0 Å². The lowest BCUT2D eigenvalue weighted by atomic mass is 9.91. The van der Waals surface area contributed by atoms with Crippen molar-refractivity contribution in [2.45, 2.75) is 99.5 Å². The van der Waals surface area contributed by atoms with E-state index >= 15 is 0 Å². The molecule has 4 fully saturated rings. The van der Waals surface area contributed by atoms with Crippen LogP contribution in [0.2, 0.25) is 0 Å². The van der Waals surface area contributed by atoms with Gasteiger partial charge in [0.05, 0.1) is 30.3 Å². The molecule has 0 aliphatic carbocycles. The van der Waals surface area contributed by atoms with Crippen LogP contribution in [0.3, 0.4) is 0 Å². The SMILES string of the molecule is CCS[C@@H]1OC2COC(c3ccccc3)O[C@H]2[C@H](N=[N+]=[N-])C1C.CCS[C@@H]1OC2COC(c3ccccc3)O[C@H]2[C@H](OS(=O)(=O)c2ccc(C)cc2)C1C. The summed E-state index contributed by atoms with van der Waals surface area (Å²) in [6, 6.07) is 25.8. The molecule has 54 heavy (non-hydrogen) atoms. The third-order valence-corrected chi connectivity index (χ3v) is 13.6. The molecule has 7 rings (SSSR count). The average Bonchev–Trinajstić information content (AvgIpc) is 3.19. The molecule has 0 bridgehead atoms. The maximum Gasteiger partial charge on any atom is 0.297 e. The highest BCUT2D eigenvalue weighted by molar-refractivity contribution is 7.99. The molecule has 0 amide bonds. The van der Waals surface area contributed by atoms with Gasteiger partial charge in [0.15, 0.2) is 12.6 Å². The van der Waals surface area contributed by atoms with E-state index in [1.54, 1.807) is 47.8 Å². The van der Waals surface area contributed by atoms with Crippen LogP contribution in [0.15, 0.2) is 94.9 Å². The maximum atomic E-state index is 13.1. The molecule has 0 aromatic heterocycles. The second kappa shape index (κ2) is 19.0. The van der Waals surface area contributed by atoms with E-state index in [2.05, 4.69) is 23.9 Å². The Morgan fingerprint density at radius 3 is 1.76 bits per heavy atom. The minimum Gasteiger partial charge on any atom is -0.359 e. The summed E-state index contributed by atoms with van der Waals surface area (Å²) in [6.07, 6.45) is -3.19. The molecule has 4 aliphatic rings. The first-order chi connectivity index (χ1) is 26.1. The Labute approximate surface area is 326 Å². The number of nitrogens with zero attached hydrogens (tertiary/aromatic N) is 3. The van der Waals surface area contributed by atoms with Crippen LogP contribution < -0.4 is 0 Å². The molecule has 0 spiro atoms. The predicted molar refractivity (Wildman–Crippen MR) is 208 cm³/mol. The van der Waals surface area contributed by atoms with Gasteiger partial charge in [-0.15, -0.1) is 23.5 Å². The Hall–Kier alpha value is -2.66. The van der Waals surface area contributed by atoms with Crippen molar-refractivity contribution in [2.24, 2.45) is 17.0 Å². The van der Waals surface area contributed by atoms with Gasteiger partial charge in [0.25, 0.3) is 10.1 Å². The molecule has 3 aromatic rings. The topological polar surface area (TPSA) is 148 Å². The fourth-order valence-corrected chi connectivity index (χ4v) is 10.2. The Morgan fingerprint density at radius 1 is 0.741 bits per heavy atom. The summed E-state index contributed by atoms with van der Waals surface area (Å²) in [5.41, 5.74) is 11.6. The van der Waals surface area contributed by atoms with Gasteiger partial charge in [-0.3, -0.25) is 4.18 Å². The summed E-state index contributed by atoms with van der Waals surface area (Å²) >= 11 is 3.36. The van der Waals surface area contributed by atoms with Gasteiger partial charge in [-0.2, -0.15) is 8.42 Å². The molecule has 0 saturated carbocycles. The number of fused-ring (bicyclic) bond motifs is 2. The van der Waals surface area contributed by atoms with Crippen molar-refractivity contribution in [3.8, 4) is 0 Å². The first-order valence-corrected chi connectivity index (χ1v) is 21.9. The molecule has 4 aliphatic heterocycles. The fourth-order valence-electron chi connectivity index (χ4n) is 6.98. The van der Waals surface area contributed by atoms with Gasteiger partial charge < -0.3 is 28.4 Å². The van der Waals surface area contributed by atoms with Crippen LogP contribution in [0.1, 0.15) is 57.0 Å². The third-order valence-electron chi connectivity index (χ3n) is 9.85. The Bertz CT molecular complexity index is 1790. The quantitative estimate of drug-likeness (QED) is 0.0846. The van der Waals surface area contributed by atoms with Gasteiger partial charge in [-0.05, 0) is 36.1 Å². The largest absolute Gasteiger partial charge is 0.359 e. The van der Waals surface area contributed by atoms with Gasteiger partial charge >= 0.3 is 0 Å². The highest BCUT2D eigenvalue weighted by Gasteiger charge is 2.51. The van der Waals surface area contributed by atoms with E-state index in [0.717, 1.165) is 28.2 Å². The smallest absolute Gasteiger partial charge is 0.297 e. The summed E-state index contributed by atoms with van der Waals surface area (Å²) in [5, 5.41) is 4.02. The van der Waals surface area contributed by atoms with Gasteiger partial charge in [0.2, 0.25) is 0 Å². The van der Waals surface area contributed by atoms with Crippen molar-refractivity contribution < 1.29 is 41.0 Å². The van der Waals surface area contributed by atoms with E-state index in [1.807, 2.05) is 81.4 Å². The normalized spacial score (nSPS) is 33.6. The van der Waals surface area contributed by atoms with E-state index in [4.69, 9.17) is 38.1 Å². The predicted octanol–water partition coefficient (Wildman–Crippen LogP) is 8.19. The summed E-state index contributed by atoms with van der Waals surface area (Å²) in [7, 11) is -3.97. The van der Waals surface area contributed by atoms with Crippen LogP contribution in [-0.2, 0) is 42.7 Å². The van der Waals surface area contributed by atoms with Crippen molar-refractivity contribution in [3.63, 3.8) is 0 Å². The second-order valence-electron chi connectivity index (χ2n) is 13.6. The molecule has 292 valence electrons. The molecule has 4 heterocycles. The van der Waals surface area contributed by atoms with E-state index in [-0.39, 0.29) is 45.9 Å². The number of benzene rings is 3. The number of aryl methyl sites for hydroxylation is 1. The number of hydrogen-bond donors (Lipinski definition) is 0. The van der Waals surface area contributed by atoms with Crippen molar-refractivity contribution in [1.29, 1.82) is 0 Å². The number of azide groups is 1. The van der Waals surface area contributed by atoms with Crippen molar-refractivity contribution in [1.82, 2.24) is 0 Å². The first-order valence-electron chi connectivity index (χ1n) is 18.4. The van der Waals surface area contributed by atoms with Crippen LogP contribution in [0.25, 0.3) is 10.4 Å². The fraction of sp³-hybridized carbons (Fsp3) is 0.538. The molecule has 0 radical (unpaired) electrons. The van der Waals surface area contributed by atoms with Crippen LogP contribution in [0.5, 0.6) is 0 Å². The highest BCUT2D eigenvalue weighted by atomic mass is 32.2. The molecule has 6 unspecified atom stereocenters. The van der Waals surface area contributed by atoms with Gasteiger partial charge in [0.1, 0.15) is 35.3 Å². The highest BCUT2D eigenvalue weighted by Crippen LogP contribution is 2.42. The summed E-state index contributed by atoms with van der Waals surface area (Å²) < 4.78 is 68.5. The van der Waals surface area contributed by atoms with Crippen LogP contribution in [-0.4, -0.2) is 80.6 Å². The lowest BCUT2D eigenvalue weighted by Crippen LogP contribution is -2.59. The third kappa shape index (κ3) is 9.64.